The quantitative estimate of drug-likeness (QED) is 0.920. The molecule has 1 aliphatic heterocycles. The highest BCUT2D eigenvalue weighted by molar-refractivity contribution is 7.22. The van der Waals surface area contributed by atoms with Gasteiger partial charge >= 0.3 is 0 Å². The van der Waals surface area contributed by atoms with Gasteiger partial charge in [-0.2, -0.15) is 0 Å². The first kappa shape index (κ1) is 14.1. The van der Waals surface area contributed by atoms with E-state index in [1.807, 2.05) is 18.2 Å². The third-order valence-electron chi connectivity index (χ3n) is 3.66. The largest absolute Gasteiger partial charge is 0.497 e. The van der Waals surface area contributed by atoms with Crippen LogP contribution < -0.4 is 15.0 Å². The molecule has 1 saturated heterocycles. The molecular weight excluding hydrogens is 286 g/mol. The summed E-state index contributed by atoms with van der Waals surface area (Å²) in [4.78, 5) is 18.6. The number of amides is 1. The predicted octanol–water partition coefficient (Wildman–Crippen LogP) is 2.27. The summed E-state index contributed by atoms with van der Waals surface area (Å²) in [6.45, 7) is 4.33. The van der Waals surface area contributed by atoms with Crippen LogP contribution in [-0.2, 0) is 4.79 Å². The van der Waals surface area contributed by atoms with E-state index in [2.05, 4.69) is 22.1 Å². The Morgan fingerprint density at radius 2 is 2.33 bits per heavy atom. The average Bonchev–Trinajstić information content (AvgIpc) is 2.85. The molecule has 1 aliphatic rings. The summed E-state index contributed by atoms with van der Waals surface area (Å²) in [5.74, 6) is 1.08. The van der Waals surface area contributed by atoms with Crippen molar-refractivity contribution in [3.63, 3.8) is 0 Å². The number of methoxy groups -OCH3 is 1. The van der Waals surface area contributed by atoms with Gasteiger partial charge in [-0.25, -0.2) is 4.98 Å². The number of ether oxygens (including phenoxy) is 1. The van der Waals surface area contributed by atoms with Crippen LogP contribution in [-0.4, -0.2) is 37.6 Å². The Balaban J connectivity index is 1.65. The number of thiazole rings is 1. The van der Waals surface area contributed by atoms with Crippen molar-refractivity contribution < 1.29 is 9.53 Å². The second-order valence-corrected chi connectivity index (χ2v) is 6.23. The van der Waals surface area contributed by atoms with Gasteiger partial charge in [0.15, 0.2) is 5.13 Å². The first-order valence-electron chi connectivity index (χ1n) is 7.18. The maximum atomic E-state index is 11.8. The van der Waals surface area contributed by atoms with Gasteiger partial charge in [-0.15, -0.1) is 0 Å². The maximum Gasteiger partial charge on any atom is 0.226 e. The number of carbonyl (C=O) groups is 1. The minimum atomic E-state index is 0.0955. The highest BCUT2D eigenvalue weighted by atomic mass is 32.1. The molecule has 6 heteroatoms. The molecule has 3 rings (SSSR count). The summed E-state index contributed by atoms with van der Waals surface area (Å²) < 4.78 is 6.36. The van der Waals surface area contributed by atoms with Gasteiger partial charge in [-0.3, -0.25) is 4.79 Å². The van der Waals surface area contributed by atoms with Crippen LogP contribution in [0.5, 0.6) is 5.75 Å². The lowest BCUT2D eigenvalue weighted by atomic mass is 10.0. The number of carbonyl (C=O) groups excluding carboxylic acids is 1. The van der Waals surface area contributed by atoms with Crippen LogP contribution in [0.1, 0.15) is 13.3 Å². The molecule has 2 aromatic rings. The Morgan fingerprint density at radius 3 is 3.05 bits per heavy atom. The minimum absolute atomic E-state index is 0.0955. The first-order chi connectivity index (χ1) is 10.2. The molecule has 1 aromatic carbocycles. The smallest absolute Gasteiger partial charge is 0.226 e. The third kappa shape index (κ3) is 2.81. The monoisotopic (exact) mass is 305 g/mol. The zero-order chi connectivity index (χ0) is 14.8. The zero-order valence-corrected chi connectivity index (χ0v) is 13.1. The molecule has 1 fully saturated rings. The van der Waals surface area contributed by atoms with Gasteiger partial charge in [0.2, 0.25) is 5.91 Å². The Hall–Kier alpha value is -1.82. The van der Waals surface area contributed by atoms with Gasteiger partial charge < -0.3 is 15.0 Å². The van der Waals surface area contributed by atoms with Crippen molar-refractivity contribution in [1.82, 2.24) is 10.3 Å². The number of anilines is 1. The Kier molecular flexibility index (Phi) is 3.96. The summed E-state index contributed by atoms with van der Waals surface area (Å²) in [5, 5.41) is 3.93. The van der Waals surface area contributed by atoms with Gasteiger partial charge in [0, 0.05) is 25.7 Å². The van der Waals surface area contributed by atoms with Gasteiger partial charge in [0.05, 0.1) is 23.2 Å². The van der Waals surface area contributed by atoms with Crippen molar-refractivity contribution >= 4 is 32.6 Å². The van der Waals surface area contributed by atoms with E-state index in [0.717, 1.165) is 47.2 Å². The van der Waals surface area contributed by atoms with Crippen molar-refractivity contribution in [3.8, 4) is 5.75 Å². The molecule has 1 amide bonds. The Morgan fingerprint density at radius 1 is 1.52 bits per heavy atom. The fourth-order valence-corrected chi connectivity index (χ4v) is 3.31. The van der Waals surface area contributed by atoms with E-state index >= 15 is 0 Å². The van der Waals surface area contributed by atoms with Crippen LogP contribution in [0.4, 0.5) is 5.13 Å². The van der Waals surface area contributed by atoms with E-state index in [1.54, 1.807) is 18.4 Å². The second-order valence-electron chi connectivity index (χ2n) is 5.22. The number of fused-ring (bicyclic) bond motifs is 1. The molecule has 2 heterocycles. The molecule has 5 nitrogen and oxygen atoms in total. The Bertz CT molecular complexity index is 649. The summed E-state index contributed by atoms with van der Waals surface area (Å²) >= 11 is 1.66. The van der Waals surface area contributed by atoms with E-state index in [4.69, 9.17) is 4.74 Å². The van der Waals surface area contributed by atoms with E-state index in [9.17, 15) is 4.79 Å². The van der Waals surface area contributed by atoms with Crippen molar-refractivity contribution in [2.24, 2.45) is 5.92 Å². The summed E-state index contributed by atoms with van der Waals surface area (Å²) in [7, 11) is 1.66. The number of nitrogens with one attached hydrogen (secondary N) is 1. The van der Waals surface area contributed by atoms with Gasteiger partial charge in [0.25, 0.3) is 0 Å². The van der Waals surface area contributed by atoms with E-state index < -0.39 is 0 Å². The number of rotatable bonds is 5. The lowest BCUT2D eigenvalue weighted by Gasteiger charge is -2.37. The zero-order valence-electron chi connectivity index (χ0n) is 12.3. The molecule has 112 valence electrons. The molecule has 0 saturated carbocycles. The summed E-state index contributed by atoms with van der Waals surface area (Å²) in [6, 6.07) is 5.92. The minimum Gasteiger partial charge on any atom is -0.497 e. The Labute approximate surface area is 127 Å². The molecule has 0 spiro atoms. The fraction of sp³-hybridized carbons (Fsp3) is 0.467. The van der Waals surface area contributed by atoms with Crippen LogP contribution >= 0.6 is 11.3 Å². The van der Waals surface area contributed by atoms with Crippen LogP contribution in [0.3, 0.4) is 0 Å². The lowest BCUT2D eigenvalue weighted by molar-refractivity contribution is -0.125. The standard InChI is InChI=1S/C15H19N3O2S/c1-3-6-16-14(19)10-8-18(9-10)15-17-12-7-11(20-2)4-5-13(12)21-15/h4-5,7,10H,3,6,8-9H2,1-2H3,(H,16,19). The van der Waals surface area contributed by atoms with Crippen molar-refractivity contribution in [3.05, 3.63) is 18.2 Å². The molecule has 0 aliphatic carbocycles. The number of nitrogens with zero attached hydrogens (tertiary/aromatic N) is 2. The van der Waals surface area contributed by atoms with Crippen molar-refractivity contribution in [2.75, 3.05) is 31.6 Å². The van der Waals surface area contributed by atoms with Gasteiger partial charge in [-0.1, -0.05) is 18.3 Å². The van der Waals surface area contributed by atoms with Gasteiger partial charge in [-0.05, 0) is 18.6 Å². The topological polar surface area (TPSA) is 54.5 Å². The van der Waals surface area contributed by atoms with Crippen LogP contribution in [0, 0.1) is 5.92 Å². The average molecular weight is 305 g/mol. The highest BCUT2D eigenvalue weighted by Crippen LogP contribution is 2.34. The molecule has 1 aromatic heterocycles. The molecule has 1 N–H and O–H groups in total. The number of hydrogen-bond donors (Lipinski definition) is 1. The lowest BCUT2D eigenvalue weighted by Crippen LogP contribution is -2.53. The van der Waals surface area contributed by atoms with Gasteiger partial charge in [0.1, 0.15) is 5.75 Å². The van der Waals surface area contributed by atoms with Crippen molar-refractivity contribution in [1.29, 1.82) is 0 Å². The second kappa shape index (κ2) is 5.89. The highest BCUT2D eigenvalue weighted by Gasteiger charge is 2.34. The maximum absolute atomic E-state index is 11.8. The molecular formula is C15H19N3O2S. The molecule has 0 atom stereocenters. The van der Waals surface area contributed by atoms with Crippen molar-refractivity contribution in [2.45, 2.75) is 13.3 Å². The van der Waals surface area contributed by atoms with E-state index in [-0.39, 0.29) is 11.8 Å². The third-order valence-corrected chi connectivity index (χ3v) is 4.75. The molecule has 0 unspecified atom stereocenters. The first-order valence-corrected chi connectivity index (χ1v) is 8.00. The van der Waals surface area contributed by atoms with Crippen LogP contribution in [0.2, 0.25) is 0 Å². The summed E-state index contributed by atoms with van der Waals surface area (Å²) in [5.41, 5.74) is 0.952. The predicted molar refractivity (Wildman–Crippen MR) is 85.2 cm³/mol. The summed E-state index contributed by atoms with van der Waals surface area (Å²) in [6.07, 6.45) is 0.974. The molecule has 0 bridgehead atoms. The normalized spacial score (nSPS) is 15.0. The van der Waals surface area contributed by atoms with Crippen LogP contribution in [0.25, 0.3) is 10.2 Å². The number of hydrogen-bond acceptors (Lipinski definition) is 5. The molecule has 21 heavy (non-hydrogen) atoms. The SMILES string of the molecule is CCCNC(=O)C1CN(c2nc3cc(OC)ccc3s2)C1. The van der Waals surface area contributed by atoms with E-state index in [1.165, 1.54) is 0 Å². The fourth-order valence-electron chi connectivity index (χ4n) is 2.35. The number of aromatic nitrogens is 1. The number of benzene rings is 1. The molecule has 0 radical (unpaired) electrons. The van der Waals surface area contributed by atoms with Crippen LogP contribution in [0.15, 0.2) is 18.2 Å². The van der Waals surface area contributed by atoms with E-state index in [0.29, 0.717) is 0 Å².